The summed E-state index contributed by atoms with van der Waals surface area (Å²) in [6, 6.07) is 7.25. The molecule has 11 heteroatoms. The minimum Gasteiger partial charge on any atom is -0.305 e. The Morgan fingerprint density at radius 3 is 2.00 bits per heavy atom. The molecule has 0 aliphatic heterocycles. The van der Waals surface area contributed by atoms with E-state index >= 15 is 0 Å². The van der Waals surface area contributed by atoms with Crippen LogP contribution in [0.2, 0.25) is 0 Å². The van der Waals surface area contributed by atoms with Gasteiger partial charge in [-0.05, 0) is 26.0 Å². The van der Waals surface area contributed by atoms with Gasteiger partial charge in [0.1, 0.15) is 0 Å². The quantitative estimate of drug-likeness (QED) is 0.369. The van der Waals surface area contributed by atoms with Gasteiger partial charge >= 0.3 is 7.60 Å². The van der Waals surface area contributed by atoms with E-state index in [4.69, 9.17) is 43.9 Å². The van der Waals surface area contributed by atoms with Crippen molar-refractivity contribution in [1.29, 1.82) is 0 Å². The number of rotatable bonds is 7. The number of benzene rings is 1. The van der Waals surface area contributed by atoms with Crippen LogP contribution in [0.5, 0.6) is 0 Å². The average Bonchev–Trinajstić information content (AvgIpc) is 2.45. The number of nitrogens with zero attached hydrogens (tertiary/aromatic N) is 1. The van der Waals surface area contributed by atoms with Gasteiger partial charge in [-0.15, -0.1) is 0 Å². The van der Waals surface area contributed by atoms with Gasteiger partial charge in [0.25, 0.3) is 10.0 Å². The van der Waals surface area contributed by atoms with Crippen molar-refractivity contribution in [3.8, 4) is 0 Å². The third-order valence-corrected chi connectivity index (χ3v) is 6.87. The first-order valence-corrected chi connectivity index (χ1v) is 10.6. The summed E-state index contributed by atoms with van der Waals surface area (Å²) >= 11 is 17.3. The van der Waals surface area contributed by atoms with Crippen molar-refractivity contribution < 1.29 is 22.0 Å². The fourth-order valence-corrected chi connectivity index (χ4v) is 5.73. The third kappa shape index (κ3) is 5.71. The van der Waals surface area contributed by atoms with Gasteiger partial charge < -0.3 is 9.05 Å². The predicted molar refractivity (Wildman–Crippen MR) is 92.2 cm³/mol. The normalized spacial score (nSPS) is 14.0. The molecule has 1 aromatic carbocycles. The molecule has 1 aromatic rings. The Labute approximate surface area is 150 Å². The average molecular weight is 423 g/mol. The van der Waals surface area contributed by atoms with Gasteiger partial charge in [-0.3, -0.25) is 4.57 Å². The van der Waals surface area contributed by atoms with Crippen LogP contribution in [0.4, 0.5) is 0 Å². The van der Waals surface area contributed by atoms with Gasteiger partial charge in [-0.2, -0.15) is 12.8 Å². The molecule has 0 unspecified atom stereocenters. The Balaban J connectivity index is 3.51. The lowest BCUT2D eigenvalue weighted by atomic mass is 10.4. The zero-order chi connectivity index (χ0) is 17.7. The molecule has 0 bridgehead atoms. The molecule has 0 spiro atoms. The summed E-state index contributed by atoms with van der Waals surface area (Å²) in [6.45, 7) is 2.96. The van der Waals surface area contributed by atoms with Crippen LogP contribution in [0.3, 0.4) is 0 Å². The molecule has 130 valence electrons. The maximum atomic E-state index is 12.8. The Hall–Kier alpha value is -0.140. The molecule has 0 saturated heterocycles. The minimum atomic E-state index is -4.26. The molecular weight excluding hydrogens is 408 g/mol. The monoisotopic (exact) mass is 421 g/mol. The Morgan fingerprint density at radius 1 is 1.13 bits per heavy atom. The second-order valence-corrected chi connectivity index (χ2v) is 9.85. The molecule has 6 nitrogen and oxygen atoms in total. The predicted octanol–water partition coefficient (Wildman–Crippen LogP) is 4.41. The molecule has 0 radical (unpaired) electrons. The van der Waals surface area contributed by atoms with Crippen molar-refractivity contribution in [3.05, 3.63) is 30.3 Å². The first-order chi connectivity index (χ1) is 10.6. The van der Waals surface area contributed by atoms with Gasteiger partial charge in [0.05, 0.1) is 18.1 Å². The molecule has 1 rings (SSSR count). The maximum absolute atomic E-state index is 12.8. The molecule has 0 N–H and O–H groups in total. The molecule has 23 heavy (non-hydrogen) atoms. The lowest BCUT2D eigenvalue weighted by molar-refractivity contribution is 0.232. The Morgan fingerprint density at radius 2 is 1.61 bits per heavy atom. The van der Waals surface area contributed by atoms with E-state index in [1.165, 1.54) is 38.1 Å². The van der Waals surface area contributed by atoms with E-state index in [0.29, 0.717) is 0 Å². The molecule has 0 aromatic heterocycles. The summed E-state index contributed by atoms with van der Waals surface area (Å²) in [5, 5.41) is 0. The molecule has 0 saturated carbocycles. The summed E-state index contributed by atoms with van der Waals surface area (Å²) in [5.41, 5.74) is -0.803. The molecular formula is C12H15Cl3NO5PS. The summed E-state index contributed by atoms with van der Waals surface area (Å²) < 4.78 is 48.6. The van der Waals surface area contributed by atoms with Crippen LogP contribution in [-0.4, -0.2) is 30.9 Å². The van der Waals surface area contributed by atoms with Crippen molar-refractivity contribution in [2.75, 3.05) is 13.2 Å². The fraction of sp³-hybridized carbons (Fsp3) is 0.417. The van der Waals surface area contributed by atoms with Gasteiger partial charge in [-0.25, -0.2) is 0 Å². The fourth-order valence-electron chi connectivity index (χ4n) is 1.52. The van der Waals surface area contributed by atoms with E-state index in [1.807, 2.05) is 0 Å². The van der Waals surface area contributed by atoms with E-state index in [2.05, 4.69) is 4.40 Å². The lowest BCUT2D eigenvalue weighted by Crippen LogP contribution is -2.23. The van der Waals surface area contributed by atoms with E-state index in [-0.39, 0.29) is 18.1 Å². The first-order valence-electron chi connectivity index (χ1n) is 6.43. The van der Waals surface area contributed by atoms with E-state index < -0.39 is 26.9 Å². The van der Waals surface area contributed by atoms with Crippen LogP contribution in [0.25, 0.3) is 0 Å². The standard InChI is InChI=1S/C12H15Cl3NO5PS/c1-3-20-22(17,21-4-2)11(12(13,14)15)16-23(18,19)10-8-6-5-7-9-10/h5-9H,3-4H2,1-2H3. The molecule has 0 atom stereocenters. The van der Waals surface area contributed by atoms with Crippen molar-refractivity contribution in [3.63, 3.8) is 0 Å². The highest BCUT2D eigenvalue weighted by atomic mass is 35.6. The smallest absolute Gasteiger partial charge is 0.305 e. The zero-order valence-corrected chi connectivity index (χ0v) is 16.3. The summed E-state index contributed by atoms with van der Waals surface area (Å²) in [5.74, 6) is 0. The summed E-state index contributed by atoms with van der Waals surface area (Å²) in [4.78, 5) is -0.147. The van der Waals surface area contributed by atoms with E-state index in [0.717, 1.165) is 0 Å². The maximum Gasteiger partial charge on any atom is 0.380 e. The first kappa shape index (κ1) is 20.9. The van der Waals surface area contributed by atoms with Crippen LogP contribution in [0, 0.1) is 0 Å². The summed E-state index contributed by atoms with van der Waals surface area (Å²) in [7, 11) is -8.45. The largest absolute Gasteiger partial charge is 0.380 e. The van der Waals surface area contributed by atoms with E-state index in [1.54, 1.807) is 6.07 Å². The molecule has 0 heterocycles. The van der Waals surface area contributed by atoms with Crippen molar-refractivity contribution in [2.24, 2.45) is 4.40 Å². The highest BCUT2D eigenvalue weighted by molar-refractivity contribution is 7.91. The number of hydrogen-bond acceptors (Lipinski definition) is 5. The number of halogens is 3. The second kappa shape index (κ2) is 8.30. The van der Waals surface area contributed by atoms with E-state index in [9.17, 15) is 13.0 Å². The summed E-state index contributed by atoms with van der Waals surface area (Å²) in [6.07, 6.45) is 0. The molecule has 0 aliphatic carbocycles. The SMILES string of the molecule is CCOP(=O)(OCC)C(=NS(=O)(=O)c1ccccc1)C(Cl)(Cl)Cl. The topological polar surface area (TPSA) is 82.0 Å². The third-order valence-electron chi connectivity index (χ3n) is 2.36. The Bertz CT molecular complexity index is 693. The van der Waals surface area contributed by atoms with Crippen LogP contribution >= 0.6 is 42.4 Å². The highest BCUT2D eigenvalue weighted by Crippen LogP contribution is 2.56. The highest BCUT2D eigenvalue weighted by Gasteiger charge is 2.46. The molecule has 0 amide bonds. The van der Waals surface area contributed by atoms with Crippen molar-refractivity contribution >= 4 is 57.9 Å². The van der Waals surface area contributed by atoms with Gasteiger partial charge in [-0.1, -0.05) is 53.0 Å². The van der Waals surface area contributed by atoms with Gasteiger partial charge in [0, 0.05) is 0 Å². The second-order valence-electron chi connectivity index (χ2n) is 4.03. The van der Waals surface area contributed by atoms with Crippen LogP contribution in [-0.2, 0) is 23.6 Å². The van der Waals surface area contributed by atoms with Gasteiger partial charge in [0.2, 0.25) is 3.79 Å². The molecule has 0 fully saturated rings. The van der Waals surface area contributed by atoms with Crippen LogP contribution in [0.1, 0.15) is 13.8 Å². The van der Waals surface area contributed by atoms with Crippen LogP contribution in [0.15, 0.2) is 39.6 Å². The zero-order valence-electron chi connectivity index (χ0n) is 12.3. The number of sulfonamides is 1. The Kier molecular flexibility index (Phi) is 7.54. The number of alkyl halides is 3. The lowest BCUT2D eigenvalue weighted by Gasteiger charge is -2.22. The molecule has 0 aliphatic rings. The van der Waals surface area contributed by atoms with Crippen LogP contribution < -0.4 is 0 Å². The minimum absolute atomic E-state index is 0.0531. The van der Waals surface area contributed by atoms with Crippen molar-refractivity contribution in [1.82, 2.24) is 0 Å². The van der Waals surface area contributed by atoms with Gasteiger partial charge in [0.15, 0.2) is 5.45 Å². The number of hydrogen-bond donors (Lipinski definition) is 0. The van der Waals surface area contributed by atoms with Crippen molar-refractivity contribution in [2.45, 2.75) is 22.5 Å².